The smallest absolute Gasteiger partial charge is 0.165 e. The normalized spacial score (nSPS) is 11.6. The van der Waals surface area contributed by atoms with Gasteiger partial charge in [-0.1, -0.05) is 121 Å². The van der Waals surface area contributed by atoms with Gasteiger partial charge in [-0.3, -0.25) is 0 Å². The van der Waals surface area contributed by atoms with Gasteiger partial charge in [-0.25, -0.2) is 15.0 Å². The van der Waals surface area contributed by atoms with E-state index in [0.29, 0.717) is 17.5 Å². The minimum atomic E-state index is 0.672. The van der Waals surface area contributed by atoms with Crippen LogP contribution in [0, 0.1) is 0 Å². The molecule has 9 aromatic rings. The highest BCUT2D eigenvalue weighted by molar-refractivity contribution is 7.26. The van der Waals surface area contributed by atoms with Crippen LogP contribution in [0.25, 0.3) is 85.6 Å². The Kier molecular flexibility index (Phi) is 5.86. The number of hydrogen-bond acceptors (Lipinski definition) is 5. The lowest BCUT2D eigenvalue weighted by molar-refractivity contribution is 1.08. The van der Waals surface area contributed by atoms with E-state index in [2.05, 4.69) is 121 Å². The van der Waals surface area contributed by atoms with Crippen molar-refractivity contribution in [1.82, 2.24) is 15.0 Å². The summed E-state index contributed by atoms with van der Waals surface area (Å²) in [7, 11) is 0. The molecule has 0 aliphatic heterocycles. The van der Waals surface area contributed by atoms with Gasteiger partial charge in [0.1, 0.15) is 0 Å². The summed E-state index contributed by atoms with van der Waals surface area (Å²) in [6.45, 7) is 0. The van der Waals surface area contributed by atoms with Crippen LogP contribution < -0.4 is 0 Å². The second-order valence-corrected chi connectivity index (χ2v) is 12.9. The largest absolute Gasteiger partial charge is 0.208 e. The minimum Gasteiger partial charge on any atom is -0.208 e. The predicted molar refractivity (Wildman–Crippen MR) is 187 cm³/mol. The number of benzene rings is 6. The van der Waals surface area contributed by atoms with Crippen molar-refractivity contribution in [3.05, 3.63) is 140 Å². The summed E-state index contributed by atoms with van der Waals surface area (Å²) >= 11 is 3.62. The van der Waals surface area contributed by atoms with Gasteiger partial charge in [-0.05, 0) is 29.3 Å². The maximum atomic E-state index is 5.23. The van der Waals surface area contributed by atoms with Crippen LogP contribution in [0.4, 0.5) is 0 Å². The molecule has 0 unspecified atom stereocenters. The topological polar surface area (TPSA) is 38.7 Å². The summed E-state index contributed by atoms with van der Waals surface area (Å²) in [4.78, 5) is 15.4. The molecule has 0 aliphatic carbocycles. The fourth-order valence-electron chi connectivity index (χ4n) is 6.14. The van der Waals surface area contributed by atoms with E-state index >= 15 is 0 Å². The molecule has 3 heterocycles. The minimum absolute atomic E-state index is 0.672. The number of aromatic nitrogens is 3. The van der Waals surface area contributed by atoms with Crippen LogP contribution >= 0.6 is 22.7 Å². The molecule has 0 N–H and O–H groups in total. The van der Waals surface area contributed by atoms with Crippen molar-refractivity contribution in [3.63, 3.8) is 0 Å². The monoisotopic (exact) mass is 597 g/mol. The number of fused-ring (bicyclic) bond motifs is 6. The lowest BCUT2D eigenvalue weighted by Crippen LogP contribution is -2.00. The van der Waals surface area contributed by atoms with Gasteiger partial charge >= 0.3 is 0 Å². The summed E-state index contributed by atoms with van der Waals surface area (Å²) in [6, 6.07) is 48.9. The first-order chi connectivity index (χ1) is 21.8. The lowest BCUT2D eigenvalue weighted by atomic mass is 10.0. The molecule has 0 bridgehead atoms. The summed E-state index contributed by atoms with van der Waals surface area (Å²) in [5.74, 6) is 2.04. The van der Waals surface area contributed by atoms with Gasteiger partial charge in [0.25, 0.3) is 0 Å². The van der Waals surface area contributed by atoms with Gasteiger partial charge in [0, 0.05) is 57.0 Å². The van der Waals surface area contributed by atoms with Gasteiger partial charge in [0.05, 0.1) is 0 Å². The van der Waals surface area contributed by atoms with Crippen molar-refractivity contribution in [3.8, 4) is 45.3 Å². The van der Waals surface area contributed by atoms with Gasteiger partial charge in [0.2, 0.25) is 0 Å². The van der Waals surface area contributed by atoms with E-state index in [9.17, 15) is 0 Å². The second kappa shape index (κ2) is 10.2. The fraction of sp³-hybridized carbons (Fsp3) is 0. The van der Waals surface area contributed by atoms with Crippen molar-refractivity contribution >= 4 is 63.0 Å². The number of hydrogen-bond donors (Lipinski definition) is 0. The van der Waals surface area contributed by atoms with Crippen LogP contribution in [-0.2, 0) is 0 Å². The molecule has 0 spiro atoms. The highest BCUT2D eigenvalue weighted by Crippen LogP contribution is 2.44. The Labute approximate surface area is 261 Å². The third kappa shape index (κ3) is 4.05. The first-order valence-corrected chi connectivity index (χ1v) is 16.2. The SMILES string of the molecule is c1ccc(-c2nc(-c3cccc4c3sc3ccccc34)nc(-c3cccc4sc5c(-c6ccccc6)cccc5c34)n2)cc1. The zero-order valence-corrected chi connectivity index (χ0v) is 25.1. The molecule has 3 aromatic heterocycles. The fourth-order valence-corrected chi connectivity index (χ4v) is 8.61. The molecule has 0 aliphatic rings. The van der Waals surface area contributed by atoms with E-state index in [4.69, 9.17) is 15.0 Å². The molecular weight excluding hydrogens is 575 g/mol. The van der Waals surface area contributed by atoms with Crippen molar-refractivity contribution in [2.45, 2.75) is 0 Å². The maximum Gasteiger partial charge on any atom is 0.165 e. The Morgan fingerprint density at radius 3 is 1.68 bits per heavy atom. The number of thiophene rings is 2. The van der Waals surface area contributed by atoms with E-state index in [1.165, 1.54) is 51.5 Å². The van der Waals surface area contributed by atoms with Gasteiger partial charge in [0.15, 0.2) is 17.5 Å². The molecule has 9 rings (SSSR count). The molecule has 0 saturated carbocycles. The van der Waals surface area contributed by atoms with Crippen LogP contribution in [0.5, 0.6) is 0 Å². The van der Waals surface area contributed by atoms with Crippen LogP contribution in [-0.4, -0.2) is 15.0 Å². The average Bonchev–Trinajstić information content (AvgIpc) is 3.67. The molecule has 5 heteroatoms. The molecule has 0 radical (unpaired) electrons. The quantitative estimate of drug-likeness (QED) is 0.203. The third-order valence-electron chi connectivity index (χ3n) is 8.16. The van der Waals surface area contributed by atoms with Crippen molar-refractivity contribution < 1.29 is 0 Å². The summed E-state index contributed by atoms with van der Waals surface area (Å²) in [5, 5.41) is 4.89. The Morgan fingerprint density at radius 1 is 0.341 bits per heavy atom. The van der Waals surface area contributed by atoms with Crippen LogP contribution in [0.3, 0.4) is 0 Å². The van der Waals surface area contributed by atoms with Crippen LogP contribution in [0.1, 0.15) is 0 Å². The molecule has 0 atom stereocenters. The molecule has 3 nitrogen and oxygen atoms in total. The lowest BCUT2D eigenvalue weighted by Gasteiger charge is -2.10. The Morgan fingerprint density at radius 2 is 0.864 bits per heavy atom. The van der Waals surface area contributed by atoms with E-state index < -0.39 is 0 Å². The van der Waals surface area contributed by atoms with Crippen LogP contribution in [0.15, 0.2) is 140 Å². The van der Waals surface area contributed by atoms with Gasteiger partial charge in [-0.2, -0.15) is 0 Å². The van der Waals surface area contributed by atoms with Crippen molar-refractivity contribution in [2.24, 2.45) is 0 Å². The molecule has 6 aromatic carbocycles. The summed E-state index contributed by atoms with van der Waals surface area (Å²) < 4.78 is 4.94. The average molecular weight is 598 g/mol. The molecular formula is C39H23N3S2. The molecule has 0 amide bonds. The van der Waals surface area contributed by atoms with Gasteiger partial charge in [-0.15, -0.1) is 22.7 Å². The molecule has 0 fully saturated rings. The Bertz CT molecular complexity index is 2500. The van der Waals surface area contributed by atoms with E-state index in [1.54, 1.807) is 11.3 Å². The Hall–Kier alpha value is -5.23. The van der Waals surface area contributed by atoms with E-state index in [-0.39, 0.29) is 0 Å². The first kappa shape index (κ1) is 25.3. The molecule has 206 valence electrons. The highest BCUT2D eigenvalue weighted by Gasteiger charge is 2.20. The molecule has 44 heavy (non-hydrogen) atoms. The maximum absolute atomic E-state index is 5.23. The summed E-state index contributed by atoms with van der Waals surface area (Å²) in [6.07, 6.45) is 0. The van der Waals surface area contributed by atoms with E-state index in [0.717, 1.165) is 16.7 Å². The van der Waals surface area contributed by atoms with Crippen molar-refractivity contribution in [2.75, 3.05) is 0 Å². The predicted octanol–water partition coefficient (Wildman–Crippen LogP) is 11.3. The van der Waals surface area contributed by atoms with Crippen molar-refractivity contribution in [1.29, 1.82) is 0 Å². The molecule has 0 saturated heterocycles. The zero-order valence-electron chi connectivity index (χ0n) is 23.4. The summed E-state index contributed by atoms with van der Waals surface area (Å²) in [5.41, 5.74) is 5.47. The van der Waals surface area contributed by atoms with E-state index in [1.807, 2.05) is 29.5 Å². The standard InChI is InChI=1S/C39H23N3S2/c1-3-12-24(13-4-1)26-17-9-19-29-34-30(20-11-23-33(34)44-35(26)29)38-40-37(25-14-5-2-6-15-25)41-39(42-38)31-21-10-18-28-27-16-7-8-22-32(27)43-36(28)31/h1-23H. The number of rotatable bonds is 4. The number of nitrogens with zero attached hydrogens (tertiary/aromatic N) is 3. The van der Waals surface area contributed by atoms with Crippen LogP contribution in [0.2, 0.25) is 0 Å². The first-order valence-electron chi connectivity index (χ1n) is 14.5. The zero-order chi connectivity index (χ0) is 29.0. The second-order valence-electron chi connectivity index (χ2n) is 10.8. The highest BCUT2D eigenvalue weighted by atomic mass is 32.1. The third-order valence-corrected chi connectivity index (χ3v) is 10.6. The Balaban J connectivity index is 1.32. The van der Waals surface area contributed by atoms with Gasteiger partial charge < -0.3 is 0 Å².